The number of aliphatic hydroxyl groups excluding tert-OH is 2. The molecule has 0 saturated heterocycles. The number of benzene rings is 4. The van der Waals surface area contributed by atoms with Crippen LogP contribution in [0, 0.1) is 0 Å². The smallest absolute Gasteiger partial charge is 0.339 e. The molecule has 4 rings (SSSR count). The third-order valence-electron chi connectivity index (χ3n) is 6.75. The molecule has 3 N–H and O–H groups in total. The fraction of sp³-hybridized carbons (Fsp3) is 0.121. The van der Waals surface area contributed by atoms with Crippen LogP contribution in [-0.2, 0) is 9.53 Å². The van der Waals surface area contributed by atoms with Crippen molar-refractivity contribution in [2.24, 2.45) is 0 Å². The summed E-state index contributed by atoms with van der Waals surface area (Å²) in [6.07, 6.45) is -2.59. The molecule has 0 aromatic heterocycles. The molecule has 0 radical (unpaired) electrons. The molecule has 212 valence electrons. The zero-order valence-corrected chi connectivity index (χ0v) is 22.1. The van der Waals surface area contributed by atoms with Gasteiger partial charge in [0, 0.05) is 16.7 Å². The maximum Gasteiger partial charge on any atom is 0.339 e. The maximum absolute atomic E-state index is 14.5. The molecule has 0 unspecified atom stereocenters. The normalized spacial score (nSPS) is 14.5. The molecular formula is C33H26O9. The van der Waals surface area contributed by atoms with E-state index in [9.17, 15) is 39.3 Å². The third-order valence-corrected chi connectivity index (χ3v) is 6.75. The molecule has 9 nitrogen and oxygen atoms in total. The van der Waals surface area contributed by atoms with Crippen molar-refractivity contribution in [3.05, 3.63) is 144 Å². The van der Waals surface area contributed by atoms with Crippen molar-refractivity contribution in [2.45, 2.75) is 17.3 Å². The lowest BCUT2D eigenvalue weighted by atomic mass is 9.66. The molecule has 0 saturated carbocycles. The zero-order chi connectivity index (χ0) is 30.3. The molecule has 4 aromatic rings. The van der Waals surface area contributed by atoms with Crippen molar-refractivity contribution >= 4 is 29.1 Å². The SMILES string of the molecule is O=C(O[C@@](C(=O)C(=O)c1ccccc1)(C(=O)c1ccccc1)[C@](O)(C(=O)c1ccccc1)[C@@H](O)CO)c1ccccc1. The van der Waals surface area contributed by atoms with E-state index in [1.54, 1.807) is 18.2 Å². The Labute approximate surface area is 240 Å². The molecular weight excluding hydrogens is 540 g/mol. The summed E-state index contributed by atoms with van der Waals surface area (Å²) >= 11 is 0. The quantitative estimate of drug-likeness (QED) is 0.102. The molecule has 0 aliphatic rings. The van der Waals surface area contributed by atoms with Crippen molar-refractivity contribution in [3.8, 4) is 0 Å². The van der Waals surface area contributed by atoms with Crippen molar-refractivity contribution in [1.29, 1.82) is 0 Å². The summed E-state index contributed by atoms with van der Waals surface area (Å²) in [4.78, 5) is 70.2. The van der Waals surface area contributed by atoms with Gasteiger partial charge in [-0.15, -0.1) is 0 Å². The predicted octanol–water partition coefficient (Wildman–Crippen LogP) is 2.88. The van der Waals surface area contributed by atoms with Crippen LogP contribution in [-0.4, -0.2) is 68.3 Å². The van der Waals surface area contributed by atoms with Crippen molar-refractivity contribution in [3.63, 3.8) is 0 Å². The van der Waals surface area contributed by atoms with Gasteiger partial charge < -0.3 is 20.1 Å². The summed E-state index contributed by atoms with van der Waals surface area (Å²) in [6, 6.07) is 27.5. The number of carbonyl (C=O) groups excluding carboxylic acids is 5. The van der Waals surface area contributed by atoms with E-state index >= 15 is 0 Å². The highest BCUT2D eigenvalue weighted by atomic mass is 16.6. The maximum atomic E-state index is 14.5. The summed E-state index contributed by atoms with van der Waals surface area (Å²) in [6.45, 7) is -1.37. The molecule has 9 heteroatoms. The molecule has 0 bridgehead atoms. The van der Waals surface area contributed by atoms with Crippen LogP contribution in [0.3, 0.4) is 0 Å². The van der Waals surface area contributed by atoms with E-state index in [-0.39, 0.29) is 22.3 Å². The van der Waals surface area contributed by atoms with Crippen LogP contribution in [0.25, 0.3) is 0 Å². The number of ketones is 4. The molecule has 0 aliphatic carbocycles. The number of hydrogen-bond acceptors (Lipinski definition) is 9. The van der Waals surface area contributed by atoms with Crippen molar-refractivity contribution < 1.29 is 44.0 Å². The average Bonchev–Trinajstić information content (AvgIpc) is 3.06. The Morgan fingerprint density at radius 2 is 0.976 bits per heavy atom. The minimum atomic E-state index is -3.71. The Morgan fingerprint density at radius 3 is 1.40 bits per heavy atom. The number of rotatable bonds is 12. The van der Waals surface area contributed by atoms with Crippen LogP contribution in [0.4, 0.5) is 0 Å². The number of carbonyl (C=O) groups is 5. The molecule has 0 aliphatic heterocycles. The first-order valence-corrected chi connectivity index (χ1v) is 12.8. The molecule has 0 spiro atoms. The summed E-state index contributed by atoms with van der Waals surface area (Å²) in [5.41, 5.74) is -8.50. The molecule has 0 amide bonds. The van der Waals surface area contributed by atoms with E-state index < -0.39 is 53.0 Å². The van der Waals surface area contributed by atoms with Gasteiger partial charge in [0.1, 0.15) is 6.10 Å². The van der Waals surface area contributed by atoms with Gasteiger partial charge >= 0.3 is 5.97 Å². The van der Waals surface area contributed by atoms with Gasteiger partial charge in [0.15, 0.2) is 0 Å². The van der Waals surface area contributed by atoms with E-state index in [4.69, 9.17) is 4.74 Å². The number of ether oxygens (including phenoxy) is 1. The Bertz CT molecular complexity index is 1590. The minimum Gasteiger partial charge on any atom is -0.434 e. The first-order valence-electron chi connectivity index (χ1n) is 12.8. The molecule has 3 atom stereocenters. The van der Waals surface area contributed by atoms with Crippen molar-refractivity contribution in [1.82, 2.24) is 0 Å². The van der Waals surface area contributed by atoms with Crippen LogP contribution in [0.5, 0.6) is 0 Å². The molecule has 42 heavy (non-hydrogen) atoms. The van der Waals surface area contributed by atoms with E-state index in [1.165, 1.54) is 103 Å². The summed E-state index contributed by atoms with van der Waals surface area (Å²) in [7, 11) is 0. The van der Waals surface area contributed by atoms with Gasteiger partial charge in [-0.05, 0) is 12.1 Å². The monoisotopic (exact) mass is 566 g/mol. The second kappa shape index (κ2) is 12.6. The minimum absolute atomic E-state index is 0.198. The summed E-state index contributed by atoms with van der Waals surface area (Å²) in [5.74, 6) is -7.50. The number of aliphatic hydroxyl groups is 3. The highest BCUT2D eigenvalue weighted by Gasteiger charge is 2.72. The average molecular weight is 567 g/mol. The second-order valence-electron chi connectivity index (χ2n) is 9.32. The Morgan fingerprint density at radius 1 is 0.595 bits per heavy atom. The topological polar surface area (TPSA) is 155 Å². The van der Waals surface area contributed by atoms with Crippen LogP contribution in [0.1, 0.15) is 41.4 Å². The van der Waals surface area contributed by atoms with E-state index in [0.29, 0.717) is 0 Å². The Hall–Kier alpha value is -5.09. The Kier molecular flexibility index (Phi) is 8.97. The van der Waals surface area contributed by atoms with Crippen LogP contribution >= 0.6 is 0 Å². The van der Waals surface area contributed by atoms with Gasteiger partial charge in [-0.2, -0.15) is 0 Å². The fourth-order valence-corrected chi connectivity index (χ4v) is 4.55. The number of hydrogen-bond donors (Lipinski definition) is 3. The van der Waals surface area contributed by atoms with Gasteiger partial charge in [0.05, 0.1) is 12.2 Å². The predicted molar refractivity (Wildman–Crippen MR) is 150 cm³/mol. The Balaban J connectivity index is 2.10. The van der Waals surface area contributed by atoms with Gasteiger partial charge in [0.2, 0.25) is 23.0 Å². The van der Waals surface area contributed by atoms with Gasteiger partial charge in [-0.25, -0.2) is 4.79 Å². The fourth-order valence-electron chi connectivity index (χ4n) is 4.55. The van der Waals surface area contributed by atoms with E-state index in [2.05, 4.69) is 0 Å². The lowest BCUT2D eigenvalue weighted by Gasteiger charge is -2.44. The number of Topliss-reactive ketones (excluding diaryl/α,β-unsaturated/α-hetero) is 4. The summed E-state index contributed by atoms with van der Waals surface area (Å²) in [5, 5.41) is 33.4. The third kappa shape index (κ3) is 5.31. The van der Waals surface area contributed by atoms with Crippen LogP contribution in [0.15, 0.2) is 121 Å². The first-order chi connectivity index (χ1) is 20.2. The van der Waals surface area contributed by atoms with Crippen LogP contribution < -0.4 is 0 Å². The second-order valence-corrected chi connectivity index (χ2v) is 9.32. The van der Waals surface area contributed by atoms with Gasteiger partial charge in [0.25, 0.3) is 11.4 Å². The van der Waals surface area contributed by atoms with Gasteiger partial charge in [-0.1, -0.05) is 109 Å². The molecule has 4 aromatic carbocycles. The highest BCUT2D eigenvalue weighted by Crippen LogP contribution is 2.39. The molecule has 0 heterocycles. The highest BCUT2D eigenvalue weighted by molar-refractivity contribution is 6.52. The molecule has 0 fully saturated rings. The standard InChI is InChI=1S/C33H26O9/c34-21-26(35)32(41,28(37)23-15-7-2-8-16-23)33(29(38)24-17-9-3-10-18-24,42-31(40)25-19-11-4-12-20-25)30(39)27(36)22-13-5-1-6-14-22/h1-20,26,34-35,41H,21H2/t26-,32+,33+/m0/s1. The lowest BCUT2D eigenvalue weighted by Crippen LogP contribution is -2.75. The van der Waals surface area contributed by atoms with Crippen LogP contribution in [0.2, 0.25) is 0 Å². The van der Waals surface area contributed by atoms with Gasteiger partial charge in [-0.3, -0.25) is 19.2 Å². The number of esters is 1. The van der Waals surface area contributed by atoms with E-state index in [1.807, 2.05) is 0 Å². The first kappa shape index (κ1) is 29.9. The largest absolute Gasteiger partial charge is 0.434 e. The summed E-state index contributed by atoms with van der Waals surface area (Å²) < 4.78 is 5.57. The van der Waals surface area contributed by atoms with E-state index in [0.717, 1.165) is 0 Å². The van der Waals surface area contributed by atoms with Crippen molar-refractivity contribution in [2.75, 3.05) is 6.61 Å². The zero-order valence-electron chi connectivity index (χ0n) is 22.1. The lowest BCUT2D eigenvalue weighted by molar-refractivity contribution is -0.173.